The summed E-state index contributed by atoms with van der Waals surface area (Å²) in [5.74, 6) is -1.37. The molecule has 0 amide bonds. The Morgan fingerprint density at radius 2 is 2.19 bits per heavy atom. The fourth-order valence-corrected chi connectivity index (χ4v) is 3.12. The Labute approximate surface area is 133 Å². The lowest BCUT2D eigenvalue weighted by molar-refractivity contribution is -0.143. The Bertz CT molecular complexity index is 579. The predicted octanol–water partition coefficient (Wildman–Crippen LogP) is 4.10. The van der Waals surface area contributed by atoms with E-state index in [2.05, 4.69) is 15.9 Å². The average Bonchev–Trinajstić information content (AvgIpc) is 2.45. The van der Waals surface area contributed by atoms with Gasteiger partial charge in [0.25, 0.3) is 0 Å². The van der Waals surface area contributed by atoms with Crippen molar-refractivity contribution in [3.63, 3.8) is 0 Å². The number of aliphatic hydroxyl groups excluding tert-OH is 1. The molecule has 0 saturated heterocycles. The third-order valence-electron chi connectivity index (χ3n) is 4.06. The topological polar surface area (TPSA) is 57.5 Å². The summed E-state index contributed by atoms with van der Waals surface area (Å²) in [5.41, 5.74) is 0.378. The van der Waals surface area contributed by atoms with Crippen LogP contribution in [-0.4, -0.2) is 16.2 Å². The number of carbonyl (C=O) groups is 1. The molecule has 112 valence electrons. The molecule has 3 unspecified atom stereocenters. The highest BCUT2D eigenvalue weighted by atomic mass is 79.9. The molecular formula is C17H19BrO3. The third-order valence-corrected chi connectivity index (χ3v) is 4.55. The highest BCUT2D eigenvalue weighted by Gasteiger charge is 2.36. The number of allylic oxidation sites excluding steroid dienone is 3. The van der Waals surface area contributed by atoms with E-state index >= 15 is 0 Å². The van der Waals surface area contributed by atoms with Crippen LogP contribution in [0.15, 0.2) is 53.0 Å². The van der Waals surface area contributed by atoms with Crippen molar-refractivity contribution in [3.8, 4) is 0 Å². The number of halogens is 1. The molecule has 0 fully saturated rings. The fraction of sp³-hybridized carbons (Fsp3) is 0.353. The van der Waals surface area contributed by atoms with Crippen LogP contribution in [-0.2, 0) is 4.79 Å². The van der Waals surface area contributed by atoms with Crippen LogP contribution < -0.4 is 0 Å². The Hall–Kier alpha value is -1.39. The number of hydrogen-bond acceptors (Lipinski definition) is 2. The molecule has 3 nitrogen and oxygen atoms in total. The second kappa shape index (κ2) is 6.58. The first-order chi connectivity index (χ1) is 9.92. The second-order valence-electron chi connectivity index (χ2n) is 5.68. The maximum absolute atomic E-state index is 11.4. The van der Waals surface area contributed by atoms with Crippen LogP contribution in [0.1, 0.15) is 31.4 Å². The molecule has 2 N–H and O–H groups in total. The number of carboxylic acids is 1. The highest BCUT2D eigenvalue weighted by molar-refractivity contribution is 9.10. The second-order valence-corrected chi connectivity index (χ2v) is 6.59. The van der Waals surface area contributed by atoms with E-state index in [1.165, 1.54) is 0 Å². The van der Waals surface area contributed by atoms with E-state index in [4.69, 9.17) is 0 Å². The van der Waals surface area contributed by atoms with E-state index in [0.29, 0.717) is 12.8 Å². The Morgan fingerprint density at radius 1 is 1.43 bits per heavy atom. The fourth-order valence-electron chi connectivity index (χ4n) is 2.71. The Kier molecular flexibility index (Phi) is 5.01. The lowest BCUT2D eigenvalue weighted by Gasteiger charge is -2.33. The zero-order valence-corrected chi connectivity index (χ0v) is 13.5. The maximum Gasteiger partial charge on any atom is 0.311 e. The molecular weight excluding hydrogens is 332 g/mol. The number of rotatable bonds is 5. The van der Waals surface area contributed by atoms with E-state index in [1.54, 1.807) is 12.2 Å². The Morgan fingerprint density at radius 3 is 2.86 bits per heavy atom. The maximum atomic E-state index is 11.4. The summed E-state index contributed by atoms with van der Waals surface area (Å²) in [6, 6.07) is 7.56. The average molecular weight is 351 g/mol. The molecule has 21 heavy (non-hydrogen) atoms. The van der Waals surface area contributed by atoms with Gasteiger partial charge in [0.15, 0.2) is 0 Å². The molecule has 0 saturated carbocycles. The molecule has 0 spiro atoms. The molecule has 0 bridgehead atoms. The number of aliphatic hydroxyl groups is 1. The minimum absolute atomic E-state index is 0.465. The number of aliphatic carboxylic acids is 1. The monoisotopic (exact) mass is 350 g/mol. The van der Waals surface area contributed by atoms with Crippen molar-refractivity contribution in [2.24, 2.45) is 11.3 Å². The quantitative estimate of drug-likeness (QED) is 0.840. The molecule has 0 aliphatic heterocycles. The van der Waals surface area contributed by atoms with Gasteiger partial charge in [0, 0.05) is 9.89 Å². The lowest BCUT2D eigenvalue weighted by atomic mass is 9.71. The van der Waals surface area contributed by atoms with Crippen molar-refractivity contribution in [2.75, 3.05) is 0 Å². The van der Waals surface area contributed by atoms with Gasteiger partial charge in [-0.2, -0.15) is 0 Å². The molecule has 1 aromatic rings. The van der Waals surface area contributed by atoms with Crippen LogP contribution in [0, 0.1) is 11.3 Å². The molecule has 0 heterocycles. The zero-order chi connectivity index (χ0) is 15.5. The Balaban J connectivity index is 2.06. The summed E-state index contributed by atoms with van der Waals surface area (Å²) in [6.45, 7) is 1.93. The number of carboxylic acid groups (broad SMARTS) is 1. The first-order valence-electron chi connectivity index (χ1n) is 6.95. The summed E-state index contributed by atoms with van der Waals surface area (Å²) in [4.78, 5) is 11.4. The van der Waals surface area contributed by atoms with Crippen LogP contribution >= 0.6 is 15.9 Å². The van der Waals surface area contributed by atoms with Gasteiger partial charge in [0.2, 0.25) is 0 Å². The minimum Gasteiger partial charge on any atom is -0.481 e. The van der Waals surface area contributed by atoms with E-state index in [9.17, 15) is 15.0 Å². The third kappa shape index (κ3) is 3.83. The SMILES string of the molecule is CC1(CCC(O)c2cccc(Br)c2)C=CC=CC1C(=O)O. The predicted molar refractivity (Wildman–Crippen MR) is 85.8 cm³/mol. The van der Waals surface area contributed by atoms with Gasteiger partial charge in [-0.05, 0) is 30.5 Å². The summed E-state index contributed by atoms with van der Waals surface area (Å²) < 4.78 is 0.925. The van der Waals surface area contributed by atoms with E-state index in [1.807, 2.05) is 43.3 Å². The van der Waals surface area contributed by atoms with Gasteiger partial charge in [-0.25, -0.2) is 0 Å². The van der Waals surface area contributed by atoms with Crippen molar-refractivity contribution in [3.05, 3.63) is 58.6 Å². The normalized spacial score (nSPS) is 25.8. The summed E-state index contributed by atoms with van der Waals surface area (Å²) >= 11 is 3.39. The van der Waals surface area contributed by atoms with Gasteiger partial charge in [0.1, 0.15) is 0 Å². The van der Waals surface area contributed by atoms with Gasteiger partial charge in [-0.3, -0.25) is 4.79 Å². The largest absolute Gasteiger partial charge is 0.481 e. The van der Waals surface area contributed by atoms with Gasteiger partial charge < -0.3 is 10.2 Å². The molecule has 2 rings (SSSR count). The number of hydrogen-bond donors (Lipinski definition) is 2. The standard InChI is InChI=1S/C17H19BrO3/c1-17(9-3-2-7-14(17)16(20)21)10-8-15(19)12-5-4-6-13(18)11-12/h2-7,9,11,14-15,19H,8,10H2,1H3,(H,20,21). The summed E-state index contributed by atoms with van der Waals surface area (Å²) in [6.07, 6.45) is 7.84. The van der Waals surface area contributed by atoms with Crippen molar-refractivity contribution >= 4 is 21.9 Å². The molecule has 1 aliphatic carbocycles. The molecule has 3 atom stereocenters. The smallest absolute Gasteiger partial charge is 0.311 e. The van der Waals surface area contributed by atoms with Crippen molar-refractivity contribution in [1.82, 2.24) is 0 Å². The van der Waals surface area contributed by atoms with Crippen LogP contribution in [0.4, 0.5) is 0 Å². The van der Waals surface area contributed by atoms with E-state index in [0.717, 1.165) is 10.0 Å². The lowest BCUT2D eigenvalue weighted by Crippen LogP contribution is -2.32. The first-order valence-corrected chi connectivity index (χ1v) is 7.74. The summed E-state index contributed by atoms with van der Waals surface area (Å²) in [7, 11) is 0. The molecule has 0 aromatic heterocycles. The van der Waals surface area contributed by atoms with Crippen molar-refractivity contribution < 1.29 is 15.0 Å². The molecule has 1 aromatic carbocycles. The number of benzene rings is 1. The van der Waals surface area contributed by atoms with E-state index in [-0.39, 0.29) is 0 Å². The zero-order valence-electron chi connectivity index (χ0n) is 11.9. The minimum atomic E-state index is -0.824. The van der Waals surface area contributed by atoms with Crippen molar-refractivity contribution in [2.45, 2.75) is 25.9 Å². The highest BCUT2D eigenvalue weighted by Crippen LogP contribution is 2.39. The van der Waals surface area contributed by atoms with Crippen LogP contribution in [0.3, 0.4) is 0 Å². The molecule has 1 aliphatic rings. The van der Waals surface area contributed by atoms with Crippen LogP contribution in [0.2, 0.25) is 0 Å². The van der Waals surface area contributed by atoms with Gasteiger partial charge in [-0.1, -0.05) is 59.3 Å². The molecule has 4 heteroatoms. The van der Waals surface area contributed by atoms with Crippen molar-refractivity contribution in [1.29, 1.82) is 0 Å². The first kappa shape index (κ1) is 16.0. The van der Waals surface area contributed by atoms with Gasteiger partial charge in [-0.15, -0.1) is 0 Å². The van der Waals surface area contributed by atoms with Gasteiger partial charge in [0.05, 0.1) is 12.0 Å². The van der Waals surface area contributed by atoms with Crippen LogP contribution in [0.5, 0.6) is 0 Å². The van der Waals surface area contributed by atoms with Crippen LogP contribution in [0.25, 0.3) is 0 Å². The van der Waals surface area contributed by atoms with E-state index < -0.39 is 23.4 Å². The summed E-state index contributed by atoms with van der Waals surface area (Å²) in [5, 5.41) is 19.6. The molecule has 0 radical (unpaired) electrons. The van der Waals surface area contributed by atoms with Gasteiger partial charge >= 0.3 is 5.97 Å².